The Morgan fingerprint density at radius 3 is 2.23 bits per heavy atom. The highest BCUT2D eigenvalue weighted by Gasteiger charge is 2.42. The van der Waals surface area contributed by atoms with Crippen molar-refractivity contribution >= 4 is 0 Å². The first-order chi connectivity index (χ1) is 6.07. The van der Waals surface area contributed by atoms with Gasteiger partial charge in [0.1, 0.15) is 18.3 Å². The number of ether oxygens (including phenoxy) is 1. The van der Waals surface area contributed by atoms with Gasteiger partial charge in [0.05, 0.1) is 6.10 Å². The van der Waals surface area contributed by atoms with Crippen LogP contribution in [0.1, 0.15) is 6.42 Å². The van der Waals surface area contributed by atoms with Gasteiger partial charge in [-0.2, -0.15) is 0 Å². The highest BCUT2D eigenvalue weighted by molar-refractivity contribution is 4.91. The Labute approximate surface area is 75.9 Å². The van der Waals surface area contributed by atoms with Crippen LogP contribution in [0.3, 0.4) is 0 Å². The van der Waals surface area contributed by atoms with Crippen molar-refractivity contribution in [1.29, 1.82) is 0 Å². The van der Waals surface area contributed by atoms with E-state index in [1.165, 1.54) is 6.08 Å². The quantitative estimate of drug-likeness (QED) is 0.392. The van der Waals surface area contributed by atoms with Gasteiger partial charge in [0.25, 0.3) is 0 Å². The van der Waals surface area contributed by atoms with Crippen molar-refractivity contribution in [2.45, 2.75) is 37.1 Å². The lowest BCUT2D eigenvalue weighted by molar-refractivity contribution is -0.280. The van der Waals surface area contributed by atoms with Crippen LogP contribution in [0.4, 0.5) is 0 Å². The van der Waals surface area contributed by atoms with Gasteiger partial charge in [-0.25, -0.2) is 0 Å². The van der Waals surface area contributed by atoms with Crippen LogP contribution in [0.5, 0.6) is 0 Å². The van der Waals surface area contributed by atoms with Gasteiger partial charge in [-0.1, -0.05) is 6.08 Å². The van der Waals surface area contributed by atoms with Crippen molar-refractivity contribution in [3.05, 3.63) is 12.7 Å². The van der Waals surface area contributed by atoms with Gasteiger partial charge in [-0.15, -0.1) is 6.58 Å². The van der Waals surface area contributed by atoms with Gasteiger partial charge in [0.15, 0.2) is 6.29 Å². The lowest BCUT2D eigenvalue weighted by Gasteiger charge is -2.37. The number of hydrogen-bond donors (Lipinski definition) is 4. The smallest absolute Gasteiger partial charge is 0.183 e. The van der Waals surface area contributed by atoms with E-state index < -0.39 is 30.7 Å². The molecule has 1 unspecified atom stereocenters. The Kier molecular flexibility index (Phi) is 3.40. The highest BCUT2D eigenvalue weighted by atomic mass is 16.6. The van der Waals surface area contributed by atoms with Gasteiger partial charge in [0, 0.05) is 0 Å². The summed E-state index contributed by atoms with van der Waals surface area (Å²) in [6.45, 7) is 3.44. The fourth-order valence-electron chi connectivity index (χ4n) is 1.29. The number of hydrogen-bond acceptors (Lipinski definition) is 5. The van der Waals surface area contributed by atoms with Crippen LogP contribution in [0, 0.1) is 0 Å². The summed E-state index contributed by atoms with van der Waals surface area (Å²) in [7, 11) is 0. The molecule has 5 heteroatoms. The topological polar surface area (TPSA) is 90.2 Å². The average Bonchev–Trinajstić information content (AvgIpc) is 2.11. The fourth-order valence-corrected chi connectivity index (χ4v) is 1.29. The molecule has 1 rings (SSSR count). The zero-order valence-electron chi connectivity index (χ0n) is 7.08. The zero-order valence-corrected chi connectivity index (χ0v) is 7.08. The van der Waals surface area contributed by atoms with E-state index in [0.29, 0.717) is 6.42 Å². The summed E-state index contributed by atoms with van der Waals surface area (Å²) in [6.07, 6.45) is -4.40. The van der Waals surface area contributed by atoms with E-state index in [-0.39, 0.29) is 0 Å². The van der Waals surface area contributed by atoms with Crippen LogP contribution in [-0.4, -0.2) is 51.1 Å². The van der Waals surface area contributed by atoms with Gasteiger partial charge >= 0.3 is 0 Å². The summed E-state index contributed by atoms with van der Waals surface area (Å²) >= 11 is 0. The Bertz CT molecular complexity index is 183. The van der Waals surface area contributed by atoms with Crippen LogP contribution in [0.15, 0.2) is 12.7 Å². The van der Waals surface area contributed by atoms with E-state index >= 15 is 0 Å². The largest absolute Gasteiger partial charge is 0.388 e. The Hall–Kier alpha value is -0.460. The molecular formula is C8H14O5. The molecular weight excluding hydrogens is 176 g/mol. The number of aliphatic hydroxyl groups excluding tert-OH is 4. The molecule has 1 heterocycles. The molecule has 1 aliphatic heterocycles. The SMILES string of the molecule is C=CCC1O[C@H](O)[C@@H](O)[C@H](O)[C@@H]1O. The molecule has 0 aromatic carbocycles. The Morgan fingerprint density at radius 2 is 1.69 bits per heavy atom. The maximum Gasteiger partial charge on any atom is 0.183 e. The molecule has 5 nitrogen and oxygen atoms in total. The highest BCUT2D eigenvalue weighted by Crippen LogP contribution is 2.21. The summed E-state index contributed by atoms with van der Waals surface area (Å²) in [5, 5.41) is 36.8. The maximum absolute atomic E-state index is 9.36. The molecule has 0 radical (unpaired) electrons. The van der Waals surface area contributed by atoms with Crippen molar-refractivity contribution in [1.82, 2.24) is 0 Å². The summed E-state index contributed by atoms with van der Waals surface area (Å²) in [6, 6.07) is 0. The second-order valence-electron chi connectivity index (χ2n) is 3.06. The predicted molar refractivity (Wildman–Crippen MR) is 43.7 cm³/mol. The first-order valence-corrected chi connectivity index (χ1v) is 4.06. The third kappa shape index (κ3) is 2.07. The molecule has 1 fully saturated rings. The standard InChI is InChI=1S/C8H14O5/c1-2-3-4-5(9)6(10)7(11)8(12)13-4/h2,4-12H,1,3H2/t4?,5-,6-,7+,8+/m1/s1. The minimum Gasteiger partial charge on any atom is -0.388 e. The van der Waals surface area contributed by atoms with Gasteiger partial charge < -0.3 is 25.2 Å². The molecule has 1 aliphatic rings. The van der Waals surface area contributed by atoms with Crippen molar-refractivity contribution < 1.29 is 25.2 Å². The molecule has 4 N–H and O–H groups in total. The van der Waals surface area contributed by atoms with E-state index in [1.807, 2.05) is 0 Å². The minimum absolute atomic E-state index is 0.308. The first kappa shape index (κ1) is 10.6. The maximum atomic E-state index is 9.36. The lowest BCUT2D eigenvalue weighted by Crippen LogP contribution is -2.57. The molecule has 0 aliphatic carbocycles. The van der Waals surface area contributed by atoms with Crippen LogP contribution in [0.2, 0.25) is 0 Å². The average molecular weight is 190 g/mol. The first-order valence-electron chi connectivity index (χ1n) is 4.06. The molecule has 13 heavy (non-hydrogen) atoms. The monoisotopic (exact) mass is 190 g/mol. The lowest BCUT2D eigenvalue weighted by atomic mass is 9.97. The van der Waals surface area contributed by atoms with Gasteiger partial charge in [-0.05, 0) is 6.42 Å². The second kappa shape index (κ2) is 4.17. The number of rotatable bonds is 2. The molecule has 0 amide bonds. The molecule has 1 saturated heterocycles. The van der Waals surface area contributed by atoms with Crippen molar-refractivity contribution in [2.24, 2.45) is 0 Å². The van der Waals surface area contributed by atoms with Crippen molar-refractivity contribution in [3.63, 3.8) is 0 Å². The summed E-state index contributed by atoms with van der Waals surface area (Å²) in [5.74, 6) is 0. The van der Waals surface area contributed by atoms with Crippen molar-refractivity contribution in [2.75, 3.05) is 0 Å². The number of aliphatic hydroxyl groups is 4. The second-order valence-corrected chi connectivity index (χ2v) is 3.06. The van der Waals surface area contributed by atoms with Crippen LogP contribution in [0.25, 0.3) is 0 Å². The summed E-state index contributed by atoms with van der Waals surface area (Å²) < 4.78 is 4.85. The summed E-state index contributed by atoms with van der Waals surface area (Å²) in [4.78, 5) is 0. The van der Waals surface area contributed by atoms with Crippen molar-refractivity contribution in [3.8, 4) is 0 Å². The predicted octanol–water partition coefficient (Wildman–Crippen LogP) is -1.64. The molecule has 0 aromatic heterocycles. The van der Waals surface area contributed by atoms with Gasteiger partial charge in [0.2, 0.25) is 0 Å². The Balaban J connectivity index is 2.64. The Morgan fingerprint density at radius 1 is 1.08 bits per heavy atom. The van der Waals surface area contributed by atoms with E-state index in [2.05, 4.69) is 6.58 Å². The summed E-state index contributed by atoms with van der Waals surface area (Å²) in [5.41, 5.74) is 0. The van der Waals surface area contributed by atoms with Crippen LogP contribution < -0.4 is 0 Å². The third-order valence-electron chi connectivity index (χ3n) is 2.09. The molecule has 0 spiro atoms. The molecule has 5 atom stereocenters. The molecule has 0 bridgehead atoms. The van der Waals surface area contributed by atoms with Gasteiger partial charge in [-0.3, -0.25) is 0 Å². The fraction of sp³-hybridized carbons (Fsp3) is 0.750. The molecule has 0 saturated carbocycles. The van der Waals surface area contributed by atoms with E-state index in [1.54, 1.807) is 0 Å². The zero-order chi connectivity index (χ0) is 10.0. The van der Waals surface area contributed by atoms with Crippen LogP contribution >= 0.6 is 0 Å². The van der Waals surface area contributed by atoms with E-state index in [0.717, 1.165) is 0 Å². The molecule has 0 aromatic rings. The molecule has 76 valence electrons. The normalized spacial score (nSPS) is 46.0. The minimum atomic E-state index is -1.46. The van der Waals surface area contributed by atoms with E-state index in [9.17, 15) is 10.2 Å². The van der Waals surface area contributed by atoms with Crippen LogP contribution in [-0.2, 0) is 4.74 Å². The van der Waals surface area contributed by atoms with E-state index in [4.69, 9.17) is 14.9 Å². The third-order valence-corrected chi connectivity index (χ3v) is 2.09.